The molecule has 1 aliphatic heterocycles. The molecule has 1 aliphatic rings. The van der Waals surface area contributed by atoms with Gasteiger partial charge in [0.1, 0.15) is 5.69 Å². The maximum absolute atomic E-state index is 11.7. The number of phenols is 1. The lowest BCUT2D eigenvalue weighted by Gasteiger charge is -2.39. The van der Waals surface area contributed by atoms with Crippen molar-refractivity contribution in [2.45, 2.75) is 18.9 Å². The molecule has 0 bridgehead atoms. The molecule has 0 unspecified atom stereocenters. The lowest BCUT2D eigenvalue weighted by Crippen LogP contribution is -2.31. The first-order valence-electron chi connectivity index (χ1n) is 9.47. The fraction of sp³-hybridized carbons (Fsp3) is 0.217. The van der Waals surface area contributed by atoms with E-state index in [1.54, 1.807) is 12.1 Å². The van der Waals surface area contributed by atoms with Gasteiger partial charge in [-0.25, -0.2) is 0 Å². The Kier molecular flexibility index (Phi) is 4.84. The molecule has 6 heteroatoms. The van der Waals surface area contributed by atoms with Gasteiger partial charge in [-0.05, 0) is 34.7 Å². The van der Waals surface area contributed by atoms with E-state index in [2.05, 4.69) is 12.2 Å². The molecule has 0 saturated carbocycles. The third kappa shape index (κ3) is 3.27. The van der Waals surface area contributed by atoms with Crippen LogP contribution in [0, 0.1) is 16.0 Å². The van der Waals surface area contributed by atoms with Gasteiger partial charge >= 0.3 is 0 Å². The number of hydrogen-bond donors (Lipinski definition) is 2. The number of nitro benzene ring substituents is 1. The lowest BCUT2D eigenvalue weighted by molar-refractivity contribution is -0.384. The second-order valence-electron chi connectivity index (χ2n) is 7.30. The summed E-state index contributed by atoms with van der Waals surface area (Å²) in [4.78, 5) is 11.3. The molecule has 2 N–H and O–H groups in total. The number of benzene rings is 3. The van der Waals surface area contributed by atoms with Crippen LogP contribution in [-0.4, -0.2) is 17.1 Å². The van der Waals surface area contributed by atoms with E-state index < -0.39 is 0 Å². The average molecular weight is 390 g/mol. The van der Waals surface area contributed by atoms with Crippen molar-refractivity contribution < 1.29 is 14.8 Å². The molecule has 3 aromatic rings. The number of nitro groups is 1. The molecule has 0 saturated heterocycles. The molecular weight excluding hydrogens is 368 g/mol. The first-order valence-corrected chi connectivity index (χ1v) is 9.47. The Labute approximate surface area is 168 Å². The minimum atomic E-state index is -0.349. The molecule has 3 atom stereocenters. The van der Waals surface area contributed by atoms with Gasteiger partial charge in [-0.3, -0.25) is 10.1 Å². The summed E-state index contributed by atoms with van der Waals surface area (Å²) < 4.78 is 5.30. The Morgan fingerprint density at radius 2 is 1.79 bits per heavy atom. The Bertz CT molecular complexity index is 1050. The summed E-state index contributed by atoms with van der Waals surface area (Å²) in [5.41, 5.74) is 3.48. The molecule has 4 rings (SSSR count). The Morgan fingerprint density at radius 3 is 2.48 bits per heavy atom. The summed E-state index contributed by atoms with van der Waals surface area (Å²) in [6.45, 7) is 2.14. The fourth-order valence-electron chi connectivity index (χ4n) is 4.31. The monoisotopic (exact) mass is 390 g/mol. The van der Waals surface area contributed by atoms with E-state index in [-0.39, 0.29) is 34.2 Å². The van der Waals surface area contributed by atoms with Crippen molar-refractivity contribution >= 4 is 11.4 Å². The highest BCUT2D eigenvalue weighted by Gasteiger charge is 2.38. The van der Waals surface area contributed by atoms with Crippen LogP contribution in [0.5, 0.6) is 11.5 Å². The maximum Gasteiger partial charge on any atom is 0.292 e. The van der Waals surface area contributed by atoms with Crippen LogP contribution in [-0.2, 0) is 0 Å². The van der Waals surface area contributed by atoms with Crippen molar-refractivity contribution in [1.29, 1.82) is 0 Å². The number of fused-ring (bicyclic) bond motifs is 1. The highest BCUT2D eigenvalue weighted by atomic mass is 16.6. The van der Waals surface area contributed by atoms with Gasteiger partial charge in [0.2, 0.25) is 0 Å². The highest BCUT2D eigenvalue weighted by Crippen LogP contribution is 2.50. The van der Waals surface area contributed by atoms with Gasteiger partial charge in [-0.1, -0.05) is 55.5 Å². The van der Waals surface area contributed by atoms with Crippen LogP contribution in [0.1, 0.15) is 35.6 Å². The van der Waals surface area contributed by atoms with Crippen molar-refractivity contribution in [2.24, 2.45) is 5.92 Å². The molecule has 0 aromatic heterocycles. The Morgan fingerprint density at radius 1 is 1.03 bits per heavy atom. The highest BCUT2D eigenvalue weighted by molar-refractivity contribution is 5.71. The molecule has 6 nitrogen and oxygen atoms in total. The van der Waals surface area contributed by atoms with Crippen LogP contribution in [0.2, 0.25) is 0 Å². The van der Waals surface area contributed by atoms with E-state index >= 15 is 0 Å². The van der Waals surface area contributed by atoms with Crippen LogP contribution >= 0.6 is 0 Å². The number of anilines is 1. The zero-order chi connectivity index (χ0) is 20.5. The van der Waals surface area contributed by atoms with Gasteiger partial charge in [0.05, 0.1) is 18.1 Å². The molecule has 0 fully saturated rings. The van der Waals surface area contributed by atoms with Crippen molar-refractivity contribution in [3.63, 3.8) is 0 Å². The zero-order valence-electron chi connectivity index (χ0n) is 16.2. The quantitative estimate of drug-likeness (QED) is 0.470. The minimum Gasteiger partial charge on any atom is -0.504 e. The molecule has 3 aromatic carbocycles. The van der Waals surface area contributed by atoms with Gasteiger partial charge in [-0.2, -0.15) is 0 Å². The largest absolute Gasteiger partial charge is 0.504 e. The number of nitrogens with zero attached hydrogens (tertiary/aromatic N) is 1. The van der Waals surface area contributed by atoms with E-state index in [9.17, 15) is 15.2 Å². The van der Waals surface area contributed by atoms with Crippen molar-refractivity contribution in [1.82, 2.24) is 0 Å². The van der Waals surface area contributed by atoms with Crippen molar-refractivity contribution in [2.75, 3.05) is 12.4 Å². The molecule has 29 heavy (non-hydrogen) atoms. The number of ether oxygens (including phenoxy) is 1. The van der Waals surface area contributed by atoms with Crippen LogP contribution in [0.3, 0.4) is 0 Å². The smallest absolute Gasteiger partial charge is 0.292 e. The summed E-state index contributed by atoms with van der Waals surface area (Å²) >= 11 is 0. The fourth-order valence-corrected chi connectivity index (χ4v) is 4.31. The van der Waals surface area contributed by atoms with E-state index in [1.807, 2.05) is 48.5 Å². The third-order valence-electron chi connectivity index (χ3n) is 5.68. The first-order chi connectivity index (χ1) is 14.0. The zero-order valence-corrected chi connectivity index (χ0v) is 16.2. The van der Waals surface area contributed by atoms with Gasteiger partial charge in [-0.15, -0.1) is 0 Å². The number of phenolic OH excluding ortho intramolecular Hbond substituents is 1. The Hall–Kier alpha value is -3.54. The lowest BCUT2D eigenvalue weighted by atomic mass is 9.72. The number of para-hydroxylation sites is 1. The average Bonchev–Trinajstić information content (AvgIpc) is 2.74. The molecular formula is C23H22N2O4. The van der Waals surface area contributed by atoms with Crippen molar-refractivity contribution in [3.05, 3.63) is 93.5 Å². The second-order valence-corrected chi connectivity index (χ2v) is 7.30. The molecule has 0 spiro atoms. The Balaban J connectivity index is 1.92. The van der Waals surface area contributed by atoms with E-state index in [1.165, 1.54) is 13.2 Å². The number of hydrogen-bond acceptors (Lipinski definition) is 5. The summed E-state index contributed by atoms with van der Waals surface area (Å²) in [6, 6.07) is 20.3. The van der Waals surface area contributed by atoms with Crippen molar-refractivity contribution in [3.8, 4) is 11.5 Å². The predicted molar refractivity (Wildman–Crippen MR) is 112 cm³/mol. The van der Waals surface area contributed by atoms with Gasteiger partial charge in [0, 0.05) is 12.0 Å². The summed E-state index contributed by atoms with van der Waals surface area (Å²) in [7, 11) is 1.51. The molecule has 1 heterocycles. The van der Waals surface area contributed by atoms with Crippen LogP contribution in [0.25, 0.3) is 0 Å². The number of nitrogens with one attached hydrogen (secondary N) is 1. The molecule has 0 amide bonds. The van der Waals surface area contributed by atoms with E-state index in [0.717, 1.165) is 16.7 Å². The summed E-state index contributed by atoms with van der Waals surface area (Å²) in [6.07, 6.45) is 0. The van der Waals surface area contributed by atoms with Crippen LogP contribution in [0.15, 0.2) is 66.7 Å². The first kappa shape index (κ1) is 18.8. The standard InChI is InChI=1S/C23H22N2O4/c1-14-21(16-11-12-19(26)20(13-16)29-2)17-9-6-10-18(25(27)28)23(17)24-22(14)15-7-4-3-5-8-15/h3-14,21-22,24,26H,1-2H3/t14-,21+,22-/m1/s1. The van der Waals surface area contributed by atoms with E-state index in [0.29, 0.717) is 11.4 Å². The second kappa shape index (κ2) is 7.47. The number of methoxy groups -OCH3 is 1. The van der Waals surface area contributed by atoms with Gasteiger partial charge < -0.3 is 15.2 Å². The van der Waals surface area contributed by atoms with Crippen LogP contribution in [0.4, 0.5) is 11.4 Å². The SMILES string of the molecule is COc1cc([C@H]2c3cccc([N+](=O)[O-])c3N[C@@H](c3ccccc3)[C@@H]2C)ccc1O. The number of aromatic hydroxyl groups is 1. The topological polar surface area (TPSA) is 84.6 Å². The molecule has 0 radical (unpaired) electrons. The van der Waals surface area contributed by atoms with Crippen LogP contribution < -0.4 is 10.1 Å². The van der Waals surface area contributed by atoms with Gasteiger partial charge in [0.15, 0.2) is 11.5 Å². The summed E-state index contributed by atoms with van der Waals surface area (Å²) in [5.74, 6) is 0.445. The predicted octanol–water partition coefficient (Wildman–Crippen LogP) is 5.24. The normalized spacial score (nSPS) is 20.4. The van der Waals surface area contributed by atoms with E-state index in [4.69, 9.17) is 4.74 Å². The number of rotatable bonds is 4. The van der Waals surface area contributed by atoms with Gasteiger partial charge in [0.25, 0.3) is 5.69 Å². The summed E-state index contributed by atoms with van der Waals surface area (Å²) in [5, 5.41) is 25.1. The third-order valence-corrected chi connectivity index (χ3v) is 5.68. The maximum atomic E-state index is 11.7. The molecule has 148 valence electrons. The molecule has 0 aliphatic carbocycles. The minimum absolute atomic E-state index is 0.0612.